The number of benzene rings is 1. The lowest BCUT2D eigenvalue weighted by atomic mass is 10.1. The van der Waals surface area contributed by atoms with E-state index >= 15 is 0 Å². The average Bonchev–Trinajstić information content (AvgIpc) is 2.84. The van der Waals surface area contributed by atoms with Crippen LogP contribution in [-0.4, -0.2) is 23.5 Å². The summed E-state index contributed by atoms with van der Waals surface area (Å²) < 4.78 is 0. The molecule has 17 heavy (non-hydrogen) atoms. The van der Waals surface area contributed by atoms with E-state index in [4.69, 9.17) is 5.73 Å². The molecule has 0 amide bonds. The molecule has 5 nitrogen and oxygen atoms in total. The number of hydrogen-bond donors (Lipinski definition) is 3. The fourth-order valence-corrected chi connectivity index (χ4v) is 2.45. The lowest BCUT2D eigenvalue weighted by Gasteiger charge is -2.27. The van der Waals surface area contributed by atoms with E-state index in [0.717, 1.165) is 29.5 Å². The summed E-state index contributed by atoms with van der Waals surface area (Å²) in [6, 6.07) is 3.94. The van der Waals surface area contributed by atoms with Crippen LogP contribution in [0.5, 0.6) is 0 Å². The minimum atomic E-state index is 0.645. The number of nitrogens with two attached hydrogens (primary N) is 1. The second kappa shape index (κ2) is 3.85. The maximum Gasteiger partial charge on any atom is 0.0888 e. The normalized spacial score (nSPS) is 18.2. The van der Waals surface area contributed by atoms with Crippen molar-refractivity contribution in [1.82, 2.24) is 5.17 Å². The first-order chi connectivity index (χ1) is 8.25. The maximum absolute atomic E-state index is 9.40. The highest BCUT2D eigenvalue weighted by Gasteiger charge is 2.20. The Hall–Kier alpha value is -1.88. The number of hydrazine groups is 1. The van der Waals surface area contributed by atoms with Crippen molar-refractivity contribution in [2.45, 2.75) is 12.8 Å². The molecular weight excluding hydrogens is 216 g/mol. The van der Waals surface area contributed by atoms with Crippen molar-refractivity contribution in [2.24, 2.45) is 0 Å². The number of fused-ring (bicyclic) bond motifs is 1. The lowest BCUT2D eigenvalue weighted by molar-refractivity contribution is -0.0140. The highest BCUT2D eigenvalue weighted by atomic mass is 16.5. The summed E-state index contributed by atoms with van der Waals surface area (Å²) in [6.45, 7) is 2.18. The van der Waals surface area contributed by atoms with Gasteiger partial charge >= 0.3 is 0 Å². The van der Waals surface area contributed by atoms with Gasteiger partial charge in [-0.15, -0.1) is 0 Å². The van der Waals surface area contributed by atoms with Crippen LogP contribution in [0.2, 0.25) is 0 Å². The molecule has 2 aliphatic heterocycles. The monoisotopic (exact) mass is 232 g/mol. The predicted molar refractivity (Wildman–Crippen MR) is 68.6 cm³/mol. The van der Waals surface area contributed by atoms with Crippen LogP contribution in [0.4, 0.5) is 17.1 Å². The van der Waals surface area contributed by atoms with E-state index in [1.807, 2.05) is 12.1 Å². The minimum absolute atomic E-state index is 0.645. The van der Waals surface area contributed by atoms with Crippen molar-refractivity contribution < 1.29 is 5.21 Å². The van der Waals surface area contributed by atoms with Crippen molar-refractivity contribution in [3.8, 4) is 0 Å². The van der Waals surface area contributed by atoms with Crippen LogP contribution in [0.3, 0.4) is 0 Å². The predicted octanol–water partition coefficient (Wildman–Crippen LogP) is 1.87. The number of nitrogens with zero attached hydrogens (tertiary/aromatic N) is 2. The molecule has 0 aliphatic carbocycles. The third-order valence-electron chi connectivity index (χ3n) is 3.31. The number of rotatable bonds is 1. The number of hydroxylamine groups is 1. The standard InChI is InChI=1S/C12H16N4O/c13-10-3-4-11(15-6-1-2-7-15)9-5-8-16(17)14-12(9)10/h3-5,8,14,17H,1-2,6-7,13H2. The lowest BCUT2D eigenvalue weighted by Crippen LogP contribution is -2.26. The minimum Gasteiger partial charge on any atom is -0.397 e. The van der Waals surface area contributed by atoms with Gasteiger partial charge in [0.2, 0.25) is 0 Å². The first-order valence-electron chi connectivity index (χ1n) is 5.86. The molecule has 5 heteroatoms. The van der Waals surface area contributed by atoms with Crippen LogP contribution >= 0.6 is 0 Å². The molecule has 0 aromatic heterocycles. The van der Waals surface area contributed by atoms with Gasteiger partial charge in [-0.2, -0.15) is 5.17 Å². The molecule has 2 aliphatic rings. The number of hydrogen-bond acceptors (Lipinski definition) is 5. The molecule has 0 saturated carbocycles. The molecule has 0 radical (unpaired) electrons. The summed E-state index contributed by atoms with van der Waals surface area (Å²) in [6.07, 6.45) is 5.95. The van der Waals surface area contributed by atoms with Crippen molar-refractivity contribution >= 4 is 23.1 Å². The van der Waals surface area contributed by atoms with Crippen LogP contribution in [0.25, 0.3) is 6.08 Å². The van der Waals surface area contributed by atoms with E-state index in [2.05, 4.69) is 16.4 Å². The van der Waals surface area contributed by atoms with E-state index in [0.29, 0.717) is 5.69 Å². The smallest absolute Gasteiger partial charge is 0.0888 e. The third kappa shape index (κ3) is 1.68. The Labute approximate surface area is 100 Å². The molecule has 1 aromatic carbocycles. The summed E-state index contributed by atoms with van der Waals surface area (Å²) in [5.41, 5.74) is 12.4. The molecule has 0 spiro atoms. The van der Waals surface area contributed by atoms with Gasteiger partial charge in [0.25, 0.3) is 0 Å². The maximum atomic E-state index is 9.40. The van der Waals surface area contributed by atoms with Gasteiger partial charge in [-0.1, -0.05) is 0 Å². The van der Waals surface area contributed by atoms with E-state index in [9.17, 15) is 5.21 Å². The van der Waals surface area contributed by atoms with Crippen LogP contribution in [-0.2, 0) is 0 Å². The van der Waals surface area contributed by atoms with Gasteiger partial charge < -0.3 is 10.6 Å². The second-order valence-electron chi connectivity index (χ2n) is 4.43. The Bertz CT molecular complexity index is 466. The summed E-state index contributed by atoms with van der Waals surface area (Å²) in [4.78, 5) is 2.36. The van der Waals surface area contributed by atoms with E-state index in [1.54, 1.807) is 6.20 Å². The Balaban J connectivity index is 2.07. The SMILES string of the molecule is Nc1ccc(N2CCCC2)c2c1NN(O)C=C2. The zero-order chi connectivity index (χ0) is 11.8. The number of anilines is 3. The Morgan fingerprint density at radius 2 is 2.00 bits per heavy atom. The summed E-state index contributed by atoms with van der Waals surface area (Å²) in [5, 5.41) is 10.3. The number of nitrogen functional groups attached to an aromatic ring is 1. The van der Waals surface area contributed by atoms with E-state index in [-0.39, 0.29) is 0 Å². The van der Waals surface area contributed by atoms with Gasteiger partial charge in [0, 0.05) is 24.3 Å². The zero-order valence-corrected chi connectivity index (χ0v) is 9.56. The van der Waals surface area contributed by atoms with Crippen LogP contribution in [0.15, 0.2) is 18.3 Å². The summed E-state index contributed by atoms with van der Waals surface area (Å²) in [7, 11) is 0. The molecule has 3 rings (SSSR count). The molecule has 1 saturated heterocycles. The van der Waals surface area contributed by atoms with E-state index in [1.165, 1.54) is 18.5 Å². The van der Waals surface area contributed by atoms with Gasteiger partial charge in [0.15, 0.2) is 0 Å². The highest BCUT2D eigenvalue weighted by Crippen LogP contribution is 2.37. The quantitative estimate of drug-likeness (QED) is 0.645. The first kappa shape index (κ1) is 10.3. The summed E-state index contributed by atoms with van der Waals surface area (Å²) in [5.74, 6) is 0. The Kier molecular flexibility index (Phi) is 2.33. The topological polar surface area (TPSA) is 64.8 Å². The van der Waals surface area contributed by atoms with Crippen LogP contribution < -0.4 is 16.1 Å². The molecule has 0 atom stereocenters. The van der Waals surface area contributed by atoms with Crippen molar-refractivity contribution in [1.29, 1.82) is 0 Å². The largest absolute Gasteiger partial charge is 0.397 e. The van der Waals surface area contributed by atoms with Crippen LogP contribution in [0.1, 0.15) is 18.4 Å². The van der Waals surface area contributed by atoms with Crippen molar-refractivity contribution in [3.63, 3.8) is 0 Å². The number of nitrogens with one attached hydrogen (secondary N) is 1. The fraction of sp³-hybridized carbons (Fsp3) is 0.333. The first-order valence-corrected chi connectivity index (χ1v) is 5.86. The third-order valence-corrected chi connectivity index (χ3v) is 3.31. The Morgan fingerprint density at radius 3 is 2.76 bits per heavy atom. The Morgan fingerprint density at radius 1 is 1.24 bits per heavy atom. The van der Waals surface area contributed by atoms with Gasteiger partial charge in [-0.3, -0.25) is 10.6 Å². The van der Waals surface area contributed by atoms with Gasteiger partial charge in [0.05, 0.1) is 17.6 Å². The molecule has 2 heterocycles. The van der Waals surface area contributed by atoms with Crippen molar-refractivity contribution in [3.05, 3.63) is 23.9 Å². The molecule has 90 valence electrons. The highest BCUT2D eigenvalue weighted by molar-refractivity contribution is 5.87. The zero-order valence-electron chi connectivity index (χ0n) is 9.56. The second-order valence-corrected chi connectivity index (χ2v) is 4.43. The van der Waals surface area contributed by atoms with Gasteiger partial charge in [0.1, 0.15) is 0 Å². The fourth-order valence-electron chi connectivity index (χ4n) is 2.45. The van der Waals surface area contributed by atoms with Crippen LogP contribution in [0, 0.1) is 0 Å². The molecule has 1 fully saturated rings. The van der Waals surface area contributed by atoms with Gasteiger partial charge in [-0.05, 0) is 31.1 Å². The molecule has 0 bridgehead atoms. The molecular formula is C12H16N4O. The molecule has 1 aromatic rings. The van der Waals surface area contributed by atoms with Crippen molar-refractivity contribution in [2.75, 3.05) is 29.1 Å². The van der Waals surface area contributed by atoms with E-state index < -0.39 is 0 Å². The van der Waals surface area contributed by atoms with Gasteiger partial charge in [-0.25, -0.2) is 0 Å². The molecule has 4 N–H and O–H groups in total. The average molecular weight is 232 g/mol. The molecule has 0 unspecified atom stereocenters. The summed E-state index contributed by atoms with van der Waals surface area (Å²) >= 11 is 0.